The summed E-state index contributed by atoms with van der Waals surface area (Å²) in [5.74, 6) is -0.141. The number of carbonyl (C=O) groups excluding carboxylic acids is 1. The van der Waals surface area contributed by atoms with Crippen LogP contribution in [0.4, 0.5) is 0 Å². The molecule has 0 heterocycles. The van der Waals surface area contributed by atoms with E-state index in [2.05, 4.69) is 6.07 Å². The Labute approximate surface area is 114 Å². The lowest BCUT2D eigenvalue weighted by atomic mass is 9.98. The number of hydrogen-bond acceptors (Lipinski definition) is 2. The maximum absolute atomic E-state index is 12.4. The van der Waals surface area contributed by atoms with Gasteiger partial charge in [-0.1, -0.05) is 43.2 Å². The van der Waals surface area contributed by atoms with Gasteiger partial charge in [-0.3, -0.25) is 4.79 Å². The number of likely N-dealkylation sites (N-methyl/N-ethyl adjacent to an activating group) is 1. The summed E-state index contributed by atoms with van der Waals surface area (Å²) >= 11 is 0. The van der Waals surface area contributed by atoms with Crippen LogP contribution >= 0.6 is 0 Å². The molecule has 0 radical (unpaired) electrons. The van der Waals surface area contributed by atoms with Crippen molar-refractivity contribution in [3.63, 3.8) is 0 Å². The molecule has 1 saturated carbocycles. The van der Waals surface area contributed by atoms with Gasteiger partial charge < -0.3 is 4.90 Å². The Morgan fingerprint density at radius 2 is 2.00 bits per heavy atom. The standard InChI is InChI=1S/C16H20N2O/c1-18(12-13-7-5-6-8-13)16(19)15(11-17)14-9-3-2-4-10-14/h2-4,9-10,13,15H,5-8,12H2,1H3. The van der Waals surface area contributed by atoms with Crippen molar-refractivity contribution in [2.24, 2.45) is 5.92 Å². The summed E-state index contributed by atoms with van der Waals surface area (Å²) in [5, 5.41) is 9.26. The second-order valence-corrected chi connectivity index (χ2v) is 5.34. The zero-order valence-corrected chi connectivity index (χ0v) is 11.4. The Kier molecular flexibility index (Phi) is 4.57. The summed E-state index contributed by atoms with van der Waals surface area (Å²) in [7, 11) is 1.81. The highest BCUT2D eigenvalue weighted by molar-refractivity contribution is 5.86. The second kappa shape index (κ2) is 6.38. The number of hydrogen-bond donors (Lipinski definition) is 0. The second-order valence-electron chi connectivity index (χ2n) is 5.34. The molecule has 1 unspecified atom stereocenters. The Hall–Kier alpha value is -1.82. The molecule has 1 amide bonds. The van der Waals surface area contributed by atoms with E-state index in [1.807, 2.05) is 37.4 Å². The Balaban J connectivity index is 2.02. The van der Waals surface area contributed by atoms with E-state index in [-0.39, 0.29) is 5.91 Å². The number of nitriles is 1. The van der Waals surface area contributed by atoms with E-state index in [1.165, 1.54) is 25.7 Å². The highest BCUT2D eigenvalue weighted by Gasteiger charge is 2.26. The summed E-state index contributed by atoms with van der Waals surface area (Å²) in [5.41, 5.74) is 0.785. The molecule has 0 N–H and O–H groups in total. The third-order valence-corrected chi connectivity index (χ3v) is 3.89. The van der Waals surface area contributed by atoms with Gasteiger partial charge in [-0.05, 0) is 24.3 Å². The van der Waals surface area contributed by atoms with E-state index in [0.29, 0.717) is 5.92 Å². The molecule has 1 atom stereocenters. The van der Waals surface area contributed by atoms with Gasteiger partial charge in [0.15, 0.2) is 0 Å². The van der Waals surface area contributed by atoms with Crippen molar-refractivity contribution in [1.29, 1.82) is 5.26 Å². The average molecular weight is 256 g/mol. The maximum atomic E-state index is 12.4. The molecule has 0 aliphatic heterocycles. The maximum Gasteiger partial charge on any atom is 0.244 e. The molecule has 0 saturated heterocycles. The van der Waals surface area contributed by atoms with E-state index < -0.39 is 5.92 Å². The molecule has 1 aromatic rings. The molecule has 100 valence electrons. The van der Waals surface area contributed by atoms with Crippen LogP contribution < -0.4 is 0 Å². The zero-order chi connectivity index (χ0) is 13.7. The molecule has 0 aromatic heterocycles. The van der Waals surface area contributed by atoms with Crippen molar-refractivity contribution in [2.45, 2.75) is 31.6 Å². The van der Waals surface area contributed by atoms with E-state index in [0.717, 1.165) is 12.1 Å². The van der Waals surface area contributed by atoms with Gasteiger partial charge in [0.05, 0.1) is 6.07 Å². The van der Waals surface area contributed by atoms with E-state index >= 15 is 0 Å². The molecule has 19 heavy (non-hydrogen) atoms. The molecule has 0 spiro atoms. The first-order chi connectivity index (χ1) is 9.22. The van der Waals surface area contributed by atoms with Crippen molar-refractivity contribution >= 4 is 5.91 Å². The largest absolute Gasteiger partial charge is 0.344 e. The highest BCUT2D eigenvalue weighted by atomic mass is 16.2. The van der Waals surface area contributed by atoms with Gasteiger partial charge in [-0.15, -0.1) is 0 Å². The summed E-state index contributed by atoms with van der Waals surface area (Å²) < 4.78 is 0. The Bertz CT molecular complexity index is 457. The minimum absolute atomic E-state index is 0.0828. The average Bonchev–Trinajstić information content (AvgIpc) is 2.93. The summed E-state index contributed by atoms with van der Waals surface area (Å²) in [6.07, 6.45) is 4.96. The molecule has 1 aliphatic carbocycles. The molecule has 3 heteroatoms. The van der Waals surface area contributed by atoms with Crippen molar-refractivity contribution in [3.05, 3.63) is 35.9 Å². The van der Waals surface area contributed by atoms with Crippen LogP contribution in [0.5, 0.6) is 0 Å². The van der Waals surface area contributed by atoms with Gasteiger partial charge in [0.25, 0.3) is 0 Å². The number of amides is 1. The van der Waals surface area contributed by atoms with Crippen LogP contribution in [0.3, 0.4) is 0 Å². The molecule has 1 aliphatic rings. The number of benzene rings is 1. The normalized spacial score (nSPS) is 16.8. The predicted octanol–water partition coefficient (Wildman–Crippen LogP) is 2.94. The lowest BCUT2D eigenvalue weighted by Crippen LogP contribution is -2.34. The van der Waals surface area contributed by atoms with E-state index in [4.69, 9.17) is 0 Å². The van der Waals surface area contributed by atoms with Crippen LogP contribution in [0.25, 0.3) is 0 Å². The molecule has 0 bridgehead atoms. The van der Waals surface area contributed by atoms with Crippen molar-refractivity contribution in [2.75, 3.05) is 13.6 Å². The van der Waals surface area contributed by atoms with Crippen molar-refractivity contribution < 1.29 is 4.79 Å². The van der Waals surface area contributed by atoms with Crippen LogP contribution in [0.1, 0.15) is 37.2 Å². The summed E-state index contributed by atoms with van der Waals surface area (Å²) in [4.78, 5) is 14.1. The molecule has 3 nitrogen and oxygen atoms in total. The molecule has 1 fully saturated rings. The Morgan fingerprint density at radius 1 is 1.37 bits per heavy atom. The minimum atomic E-state index is -0.674. The van der Waals surface area contributed by atoms with Crippen molar-refractivity contribution in [3.8, 4) is 6.07 Å². The lowest BCUT2D eigenvalue weighted by Gasteiger charge is -2.23. The fraction of sp³-hybridized carbons (Fsp3) is 0.500. The summed E-state index contributed by atoms with van der Waals surface area (Å²) in [6, 6.07) is 11.4. The van der Waals surface area contributed by atoms with E-state index in [1.54, 1.807) is 4.90 Å². The topological polar surface area (TPSA) is 44.1 Å². The first-order valence-electron chi connectivity index (χ1n) is 6.92. The minimum Gasteiger partial charge on any atom is -0.344 e. The smallest absolute Gasteiger partial charge is 0.244 e. The van der Waals surface area contributed by atoms with E-state index in [9.17, 15) is 10.1 Å². The monoisotopic (exact) mass is 256 g/mol. The van der Waals surface area contributed by atoms with Gasteiger partial charge in [-0.25, -0.2) is 0 Å². The molecular weight excluding hydrogens is 236 g/mol. The van der Waals surface area contributed by atoms with Gasteiger partial charge in [0, 0.05) is 13.6 Å². The SMILES string of the molecule is CN(CC1CCCC1)C(=O)C(C#N)c1ccccc1. The third-order valence-electron chi connectivity index (χ3n) is 3.89. The van der Waals surface area contributed by atoms with Crippen LogP contribution in [0.15, 0.2) is 30.3 Å². The predicted molar refractivity (Wildman–Crippen MR) is 74.4 cm³/mol. The zero-order valence-electron chi connectivity index (χ0n) is 11.4. The Morgan fingerprint density at radius 3 is 2.58 bits per heavy atom. The molecule has 1 aromatic carbocycles. The van der Waals surface area contributed by atoms with Gasteiger partial charge >= 0.3 is 0 Å². The van der Waals surface area contributed by atoms with Crippen LogP contribution in [0.2, 0.25) is 0 Å². The molecule has 2 rings (SSSR count). The van der Waals surface area contributed by atoms with Gasteiger partial charge in [-0.2, -0.15) is 5.26 Å². The summed E-state index contributed by atoms with van der Waals surface area (Å²) in [6.45, 7) is 0.782. The number of nitrogens with zero attached hydrogens (tertiary/aromatic N) is 2. The van der Waals surface area contributed by atoms with Crippen LogP contribution in [0, 0.1) is 17.2 Å². The highest BCUT2D eigenvalue weighted by Crippen LogP contribution is 2.26. The lowest BCUT2D eigenvalue weighted by molar-refractivity contribution is -0.130. The molecular formula is C16H20N2O. The van der Waals surface area contributed by atoms with Crippen LogP contribution in [-0.4, -0.2) is 24.4 Å². The number of rotatable bonds is 4. The van der Waals surface area contributed by atoms with Crippen LogP contribution in [-0.2, 0) is 4.79 Å². The first kappa shape index (κ1) is 13.6. The fourth-order valence-corrected chi connectivity index (χ4v) is 2.81. The number of carbonyl (C=O) groups is 1. The van der Waals surface area contributed by atoms with Crippen molar-refractivity contribution in [1.82, 2.24) is 4.90 Å². The quantitative estimate of drug-likeness (QED) is 0.831. The first-order valence-corrected chi connectivity index (χ1v) is 6.92. The van der Waals surface area contributed by atoms with Gasteiger partial charge in [0.1, 0.15) is 5.92 Å². The fourth-order valence-electron chi connectivity index (χ4n) is 2.81. The third kappa shape index (κ3) is 3.35. The van der Waals surface area contributed by atoms with Gasteiger partial charge in [0.2, 0.25) is 5.91 Å².